The van der Waals surface area contributed by atoms with Crippen molar-refractivity contribution >= 4 is 28.9 Å². The van der Waals surface area contributed by atoms with Gasteiger partial charge in [-0.3, -0.25) is 10.1 Å². The van der Waals surface area contributed by atoms with E-state index in [1.165, 1.54) is 6.33 Å². The zero-order chi connectivity index (χ0) is 17.8. The van der Waals surface area contributed by atoms with Gasteiger partial charge in [0.25, 0.3) is 0 Å². The highest BCUT2D eigenvalue weighted by Crippen LogP contribution is 2.34. The predicted molar refractivity (Wildman–Crippen MR) is 98.1 cm³/mol. The molecular weight excluding hydrogens is 342 g/mol. The van der Waals surface area contributed by atoms with Gasteiger partial charge in [-0.1, -0.05) is 30.7 Å². The van der Waals surface area contributed by atoms with Crippen LogP contribution in [0.1, 0.15) is 25.3 Å². The Morgan fingerprint density at radius 3 is 2.80 bits per heavy atom. The average molecular weight is 362 g/mol. The zero-order valence-corrected chi connectivity index (χ0v) is 14.7. The molecule has 1 aromatic carbocycles. The molecule has 0 saturated carbocycles. The smallest absolute Gasteiger partial charge is 0.353 e. The molecule has 1 N–H and O–H groups in total. The molecule has 0 aliphatic carbocycles. The quantitative estimate of drug-likeness (QED) is 0.642. The second-order valence-electron chi connectivity index (χ2n) is 6.33. The molecule has 132 valence electrons. The summed E-state index contributed by atoms with van der Waals surface area (Å²) >= 11 is 5.88. The van der Waals surface area contributed by atoms with Gasteiger partial charge in [-0.25, -0.2) is 9.97 Å². The number of benzene rings is 1. The van der Waals surface area contributed by atoms with Gasteiger partial charge >= 0.3 is 5.69 Å². The van der Waals surface area contributed by atoms with Crippen LogP contribution in [-0.4, -0.2) is 28.0 Å². The van der Waals surface area contributed by atoms with Crippen LogP contribution in [0.5, 0.6) is 0 Å². The van der Waals surface area contributed by atoms with Gasteiger partial charge < -0.3 is 10.2 Å². The van der Waals surface area contributed by atoms with Crippen molar-refractivity contribution in [3.05, 3.63) is 51.3 Å². The SMILES string of the molecule is CC1CCCN(c2ncnc(NCc3ccc(Cl)cc3)c2[N+](=O)[O-])C1. The highest BCUT2D eigenvalue weighted by atomic mass is 35.5. The van der Waals surface area contributed by atoms with Crippen LogP contribution in [0.25, 0.3) is 0 Å². The van der Waals surface area contributed by atoms with E-state index in [0.29, 0.717) is 23.3 Å². The number of nitro groups is 1. The van der Waals surface area contributed by atoms with Crippen LogP contribution >= 0.6 is 11.6 Å². The number of hydrogen-bond donors (Lipinski definition) is 1. The van der Waals surface area contributed by atoms with Crippen molar-refractivity contribution in [2.24, 2.45) is 5.92 Å². The monoisotopic (exact) mass is 361 g/mol. The lowest BCUT2D eigenvalue weighted by atomic mass is 10.0. The van der Waals surface area contributed by atoms with Crippen LogP contribution in [0, 0.1) is 16.0 Å². The van der Waals surface area contributed by atoms with E-state index in [0.717, 1.165) is 31.5 Å². The average Bonchev–Trinajstić information content (AvgIpc) is 2.60. The summed E-state index contributed by atoms with van der Waals surface area (Å²) in [6.07, 6.45) is 3.53. The Morgan fingerprint density at radius 2 is 2.12 bits per heavy atom. The third kappa shape index (κ3) is 4.17. The number of hydrogen-bond acceptors (Lipinski definition) is 6. The van der Waals surface area contributed by atoms with Crippen LogP contribution in [0.15, 0.2) is 30.6 Å². The largest absolute Gasteiger partial charge is 0.360 e. The van der Waals surface area contributed by atoms with E-state index in [1.807, 2.05) is 17.0 Å². The van der Waals surface area contributed by atoms with Crippen molar-refractivity contribution in [3.63, 3.8) is 0 Å². The Kier molecular flexibility index (Phi) is 5.33. The lowest BCUT2D eigenvalue weighted by Gasteiger charge is -2.31. The van der Waals surface area contributed by atoms with Crippen molar-refractivity contribution in [3.8, 4) is 0 Å². The Hall–Kier alpha value is -2.41. The first-order valence-electron chi connectivity index (χ1n) is 8.27. The number of aromatic nitrogens is 2. The fourth-order valence-corrected chi connectivity index (χ4v) is 3.19. The first-order chi connectivity index (χ1) is 12.0. The van der Waals surface area contributed by atoms with Crippen LogP contribution in [0.4, 0.5) is 17.3 Å². The Balaban J connectivity index is 1.84. The Labute approximate surface area is 151 Å². The fourth-order valence-electron chi connectivity index (χ4n) is 3.07. The van der Waals surface area contributed by atoms with E-state index in [2.05, 4.69) is 22.2 Å². The van der Waals surface area contributed by atoms with Crippen LogP contribution in [0.3, 0.4) is 0 Å². The predicted octanol–water partition coefficient (Wildman–Crippen LogP) is 3.89. The van der Waals surface area contributed by atoms with E-state index in [-0.39, 0.29) is 11.5 Å². The molecule has 1 atom stereocenters. The summed E-state index contributed by atoms with van der Waals surface area (Å²) in [5.41, 5.74) is 0.899. The minimum absolute atomic E-state index is 0.0643. The lowest BCUT2D eigenvalue weighted by Crippen LogP contribution is -2.35. The zero-order valence-electron chi connectivity index (χ0n) is 14.0. The summed E-state index contributed by atoms with van der Waals surface area (Å²) in [5, 5.41) is 15.4. The van der Waals surface area contributed by atoms with E-state index in [4.69, 9.17) is 11.6 Å². The summed E-state index contributed by atoms with van der Waals surface area (Å²) in [4.78, 5) is 21.5. The van der Waals surface area contributed by atoms with E-state index in [1.54, 1.807) is 12.1 Å². The lowest BCUT2D eigenvalue weighted by molar-refractivity contribution is -0.383. The molecular formula is C17H20ClN5O2. The molecule has 1 aromatic heterocycles. The van der Waals surface area contributed by atoms with Gasteiger partial charge in [0.1, 0.15) is 6.33 Å². The van der Waals surface area contributed by atoms with E-state index < -0.39 is 4.92 Å². The second kappa shape index (κ2) is 7.65. The highest BCUT2D eigenvalue weighted by molar-refractivity contribution is 6.30. The Morgan fingerprint density at radius 1 is 1.36 bits per heavy atom. The minimum Gasteiger partial charge on any atom is -0.360 e. The van der Waals surface area contributed by atoms with Crippen LogP contribution < -0.4 is 10.2 Å². The van der Waals surface area contributed by atoms with Crippen molar-refractivity contribution in [1.82, 2.24) is 9.97 Å². The van der Waals surface area contributed by atoms with E-state index in [9.17, 15) is 10.1 Å². The van der Waals surface area contributed by atoms with Crippen molar-refractivity contribution in [2.75, 3.05) is 23.3 Å². The topological polar surface area (TPSA) is 84.2 Å². The highest BCUT2D eigenvalue weighted by Gasteiger charge is 2.29. The van der Waals surface area contributed by atoms with Crippen molar-refractivity contribution in [2.45, 2.75) is 26.3 Å². The molecule has 2 aromatic rings. The van der Waals surface area contributed by atoms with Gasteiger partial charge in [-0.15, -0.1) is 0 Å². The maximum atomic E-state index is 11.7. The fraction of sp³-hybridized carbons (Fsp3) is 0.412. The van der Waals surface area contributed by atoms with Gasteiger partial charge in [0.2, 0.25) is 11.6 Å². The standard InChI is InChI=1S/C17H20ClN5O2/c1-12-3-2-8-22(10-12)17-15(23(24)25)16(20-11-21-17)19-9-13-4-6-14(18)7-5-13/h4-7,11-12H,2-3,8-10H2,1H3,(H,19,20,21). The summed E-state index contributed by atoms with van der Waals surface area (Å²) < 4.78 is 0. The van der Waals surface area contributed by atoms with Gasteiger partial charge in [0, 0.05) is 24.7 Å². The van der Waals surface area contributed by atoms with Crippen LogP contribution in [0.2, 0.25) is 5.02 Å². The third-order valence-corrected chi connectivity index (χ3v) is 4.57. The summed E-state index contributed by atoms with van der Waals surface area (Å²) in [6, 6.07) is 7.31. The first kappa shape index (κ1) is 17.4. The molecule has 0 bridgehead atoms. The normalized spacial score (nSPS) is 17.4. The molecule has 0 amide bonds. The first-order valence-corrected chi connectivity index (χ1v) is 8.65. The molecule has 1 saturated heterocycles. The number of nitrogens with one attached hydrogen (secondary N) is 1. The molecule has 0 spiro atoms. The van der Waals surface area contributed by atoms with Crippen LogP contribution in [-0.2, 0) is 6.54 Å². The molecule has 0 radical (unpaired) electrons. The summed E-state index contributed by atoms with van der Waals surface area (Å²) in [5.74, 6) is 1.13. The molecule has 1 fully saturated rings. The van der Waals surface area contributed by atoms with Gasteiger partial charge in [-0.2, -0.15) is 0 Å². The number of anilines is 2. The van der Waals surface area contributed by atoms with E-state index >= 15 is 0 Å². The third-order valence-electron chi connectivity index (χ3n) is 4.32. The molecule has 25 heavy (non-hydrogen) atoms. The molecule has 3 rings (SSSR count). The number of piperidine rings is 1. The maximum absolute atomic E-state index is 11.7. The summed E-state index contributed by atoms with van der Waals surface area (Å²) in [6.45, 7) is 4.12. The molecule has 1 aliphatic rings. The molecule has 8 heteroatoms. The second-order valence-corrected chi connectivity index (χ2v) is 6.76. The van der Waals surface area contributed by atoms with Gasteiger partial charge in [0.05, 0.1) is 4.92 Å². The van der Waals surface area contributed by atoms with Gasteiger partial charge in [-0.05, 0) is 36.5 Å². The number of halogens is 1. The number of rotatable bonds is 5. The molecule has 1 unspecified atom stereocenters. The minimum atomic E-state index is -0.404. The summed E-state index contributed by atoms with van der Waals surface area (Å²) in [7, 11) is 0. The van der Waals surface area contributed by atoms with Gasteiger partial charge in [0.15, 0.2) is 0 Å². The molecule has 2 heterocycles. The molecule has 7 nitrogen and oxygen atoms in total. The molecule has 1 aliphatic heterocycles. The van der Waals surface area contributed by atoms with Crippen molar-refractivity contribution < 1.29 is 4.92 Å². The van der Waals surface area contributed by atoms with Crippen molar-refractivity contribution in [1.29, 1.82) is 0 Å². The maximum Gasteiger partial charge on any atom is 0.353 e. The number of nitrogens with zero attached hydrogens (tertiary/aromatic N) is 4. The Bertz CT molecular complexity index is 753.